The number of rotatable bonds is 4. The van der Waals surface area contributed by atoms with Crippen LogP contribution in [-0.4, -0.2) is 31.2 Å². The third-order valence-corrected chi connectivity index (χ3v) is 4.07. The van der Waals surface area contributed by atoms with Crippen molar-refractivity contribution in [2.75, 3.05) is 25.6 Å². The van der Waals surface area contributed by atoms with E-state index in [4.69, 9.17) is 27.4 Å². The van der Waals surface area contributed by atoms with E-state index >= 15 is 0 Å². The first-order valence-corrected chi connectivity index (χ1v) is 6.93. The molecular weight excluding hydrogens is 295 g/mol. The maximum absolute atomic E-state index is 13.8. The Hall–Kier alpha value is -1.73. The Labute approximate surface area is 127 Å². The Morgan fingerprint density at radius 3 is 2.71 bits per heavy atom. The van der Waals surface area contributed by atoms with Gasteiger partial charge in [0.05, 0.1) is 17.8 Å². The molecule has 1 saturated heterocycles. The highest BCUT2D eigenvalue weighted by Gasteiger charge is 2.43. The Bertz CT molecular complexity index is 559. The summed E-state index contributed by atoms with van der Waals surface area (Å²) < 4.78 is 24.1. The van der Waals surface area contributed by atoms with Crippen LogP contribution in [0.15, 0.2) is 18.2 Å². The standard InChI is InChI=1S/C14H17FN2O3S/c1-19-9-2-3-10(15)11(8-9)17-13(18)14(12(16)21)4-6-20-7-5-14/h2-3,8H,4-7H2,1H3,(H2,16,21)(H,17,18). The fourth-order valence-electron chi connectivity index (χ4n) is 2.27. The van der Waals surface area contributed by atoms with E-state index in [2.05, 4.69) is 5.32 Å². The smallest absolute Gasteiger partial charge is 0.237 e. The van der Waals surface area contributed by atoms with Gasteiger partial charge in [0, 0.05) is 19.3 Å². The number of hydrogen-bond acceptors (Lipinski definition) is 4. The van der Waals surface area contributed by atoms with Crippen LogP contribution < -0.4 is 15.8 Å². The minimum Gasteiger partial charge on any atom is -0.497 e. The Morgan fingerprint density at radius 2 is 2.14 bits per heavy atom. The lowest BCUT2D eigenvalue weighted by atomic mass is 9.79. The molecule has 0 aromatic heterocycles. The minimum atomic E-state index is -0.997. The Kier molecular flexibility index (Phi) is 4.74. The maximum Gasteiger partial charge on any atom is 0.237 e. The van der Waals surface area contributed by atoms with Gasteiger partial charge in [0.25, 0.3) is 0 Å². The molecule has 1 aliphatic heterocycles. The van der Waals surface area contributed by atoms with E-state index in [1.165, 1.54) is 25.3 Å². The second-order valence-electron chi connectivity index (χ2n) is 4.86. The van der Waals surface area contributed by atoms with Gasteiger partial charge in [0.15, 0.2) is 0 Å². The van der Waals surface area contributed by atoms with Crippen LogP contribution in [0, 0.1) is 11.2 Å². The highest BCUT2D eigenvalue weighted by molar-refractivity contribution is 7.80. The average molecular weight is 312 g/mol. The summed E-state index contributed by atoms with van der Waals surface area (Å²) in [5.41, 5.74) is 4.79. The molecule has 0 bridgehead atoms. The number of methoxy groups -OCH3 is 1. The summed E-state index contributed by atoms with van der Waals surface area (Å²) in [6.45, 7) is 0.788. The van der Waals surface area contributed by atoms with Gasteiger partial charge in [-0.25, -0.2) is 4.39 Å². The van der Waals surface area contributed by atoms with E-state index in [9.17, 15) is 9.18 Å². The Morgan fingerprint density at radius 1 is 1.48 bits per heavy atom. The lowest BCUT2D eigenvalue weighted by Crippen LogP contribution is -2.49. The molecule has 2 rings (SSSR count). The minimum absolute atomic E-state index is 0.0430. The zero-order chi connectivity index (χ0) is 15.5. The van der Waals surface area contributed by atoms with E-state index < -0.39 is 17.1 Å². The van der Waals surface area contributed by atoms with Gasteiger partial charge < -0.3 is 20.5 Å². The largest absolute Gasteiger partial charge is 0.497 e. The number of hydrogen-bond donors (Lipinski definition) is 2. The molecule has 0 radical (unpaired) electrons. The number of nitrogens with two attached hydrogens (primary N) is 1. The molecular formula is C14H17FN2O3S. The van der Waals surface area contributed by atoms with E-state index in [0.717, 1.165) is 0 Å². The average Bonchev–Trinajstić information content (AvgIpc) is 2.49. The molecule has 5 nitrogen and oxygen atoms in total. The molecule has 0 aliphatic carbocycles. The van der Waals surface area contributed by atoms with E-state index in [1.807, 2.05) is 0 Å². The monoisotopic (exact) mass is 312 g/mol. The van der Waals surface area contributed by atoms with Gasteiger partial charge in [-0.15, -0.1) is 0 Å². The van der Waals surface area contributed by atoms with Gasteiger partial charge in [-0.2, -0.15) is 0 Å². The number of amides is 1. The van der Waals surface area contributed by atoms with Crippen LogP contribution >= 0.6 is 12.2 Å². The molecule has 114 valence electrons. The van der Waals surface area contributed by atoms with Crippen molar-refractivity contribution >= 4 is 28.8 Å². The van der Waals surface area contributed by atoms with E-state index in [0.29, 0.717) is 31.8 Å². The summed E-state index contributed by atoms with van der Waals surface area (Å²) in [5.74, 6) is -0.511. The van der Waals surface area contributed by atoms with Crippen LogP contribution in [-0.2, 0) is 9.53 Å². The van der Waals surface area contributed by atoms with Crippen molar-refractivity contribution in [3.05, 3.63) is 24.0 Å². The third-order valence-electron chi connectivity index (χ3n) is 3.67. The van der Waals surface area contributed by atoms with Crippen molar-refractivity contribution in [2.45, 2.75) is 12.8 Å². The summed E-state index contributed by atoms with van der Waals surface area (Å²) in [4.78, 5) is 12.6. The lowest BCUT2D eigenvalue weighted by Gasteiger charge is -2.34. The topological polar surface area (TPSA) is 73.6 Å². The van der Waals surface area contributed by atoms with Gasteiger partial charge in [-0.05, 0) is 25.0 Å². The van der Waals surface area contributed by atoms with Crippen molar-refractivity contribution in [3.63, 3.8) is 0 Å². The van der Waals surface area contributed by atoms with Gasteiger partial charge in [-0.3, -0.25) is 4.79 Å². The zero-order valence-electron chi connectivity index (χ0n) is 11.6. The van der Waals surface area contributed by atoms with Gasteiger partial charge in [0.2, 0.25) is 5.91 Å². The first kappa shape index (κ1) is 15.7. The molecule has 0 atom stereocenters. The zero-order valence-corrected chi connectivity index (χ0v) is 12.5. The lowest BCUT2D eigenvalue weighted by molar-refractivity contribution is -0.126. The van der Waals surface area contributed by atoms with Crippen molar-refractivity contribution in [1.29, 1.82) is 0 Å². The first-order chi connectivity index (χ1) is 9.99. The molecule has 1 aliphatic rings. The summed E-state index contributed by atoms with van der Waals surface area (Å²) in [6.07, 6.45) is 0.777. The quantitative estimate of drug-likeness (QED) is 0.830. The predicted octanol–water partition coefficient (Wildman–Crippen LogP) is 1.86. The molecule has 1 heterocycles. The third kappa shape index (κ3) is 3.14. The van der Waals surface area contributed by atoms with E-state index in [1.54, 1.807) is 0 Å². The van der Waals surface area contributed by atoms with Crippen molar-refractivity contribution < 1.29 is 18.7 Å². The number of ether oxygens (including phenoxy) is 2. The van der Waals surface area contributed by atoms with Crippen molar-refractivity contribution in [3.8, 4) is 5.75 Å². The normalized spacial score (nSPS) is 17.0. The summed E-state index contributed by atoms with van der Waals surface area (Å²) in [7, 11) is 1.47. The summed E-state index contributed by atoms with van der Waals surface area (Å²) in [5, 5.41) is 2.56. The highest BCUT2D eigenvalue weighted by Crippen LogP contribution is 2.33. The first-order valence-electron chi connectivity index (χ1n) is 6.52. The number of anilines is 1. The fraction of sp³-hybridized carbons (Fsp3) is 0.429. The fourth-order valence-corrected chi connectivity index (χ4v) is 2.57. The molecule has 21 heavy (non-hydrogen) atoms. The van der Waals surface area contributed by atoms with Gasteiger partial charge in [-0.1, -0.05) is 12.2 Å². The van der Waals surface area contributed by atoms with E-state index in [-0.39, 0.29) is 10.7 Å². The van der Waals surface area contributed by atoms with Crippen LogP contribution in [0.25, 0.3) is 0 Å². The number of benzene rings is 1. The Balaban J connectivity index is 2.25. The number of carbonyl (C=O) groups is 1. The molecule has 0 unspecified atom stereocenters. The molecule has 0 saturated carbocycles. The second-order valence-corrected chi connectivity index (χ2v) is 5.30. The molecule has 7 heteroatoms. The molecule has 1 aromatic rings. The second kappa shape index (κ2) is 6.36. The number of nitrogens with one attached hydrogen (secondary N) is 1. The maximum atomic E-state index is 13.8. The van der Waals surface area contributed by atoms with Crippen LogP contribution in [0.1, 0.15) is 12.8 Å². The number of halogens is 1. The molecule has 1 amide bonds. The molecule has 1 aromatic carbocycles. The number of thiocarbonyl (C=S) groups is 1. The highest BCUT2D eigenvalue weighted by atomic mass is 32.1. The number of carbonyl (C=O) groups excluding carboxylic acids is 1. The van der Waals surface area contributed by atoms with Crippen LogP contribution in [0.4, 0.5) is 10.1 Å². The van der Waals surface area contributed by atoms with Crippen molar-refractivity contribution in [1.82, 2.24) is 0 Å². The van der Waals surface area contributed by atoms with Crippen LogP contribution in [0.2, 0.25) is 0 Å². The summed E-state index contributed by atoms with van der Waals surface area (Å²) >= 11 is 5.04. The van der Waals surface area contributed by atoms with Gasteiger partial charge in [0.1, 0.15) is 17.0 Å². The van der Waals surface area contributed by atoms with Crippen LogP contribution in [0.5, 0.6) is 5.75 Å². The van der Waals surface area contributed by atoms with Crippen LogP contribution in [0.3, 0.4) is 0 Å². The van der Waals surface area contributed by atoms with Gasteiger partial charge >= 0.3 is 0 Å². The van der Waals surface area contributed by atoms with Crippen molar-refractivity contribution in [2.24, 2.45) is 11.1 Å². The summed E-state index contributed by atoms with van der Waals surface area (Å²) in [6, 6.07) is 4.12. The molecule has 1 fully saturated rings. The SMILES string of the molecule is COc1ccc(F)c(NC(=O)C2(C(N)=S)CCOCC2)c1. The molecule has 0 spiro atoms. The molecule has 3 N–H and O–H groups in total. The predicted molar refractivity (Wildman–Crippen MR) is 80.9 cm³/mol.